The van der Waals surface area contributed by atoms with Gasteiger partial charge in [-0.1, -0.05) is 0 Å². The van der Waals surface area contributed by atoms with E-state index in [-0.39, 0.29) is 0 Å². The number of aromatic nitrogens is 2. The maximum atomic E-state index is 5.51. The van der Waals surface area contributed by atoms with E-state index in [1.54, 1.807) is 0 Å². The van der Waals surface area contributed by atoms with Gasteiger partial charge in [-0.3, -0.25) is 9.88 Å². The van der Waals surface area contributed by atoms with Crippen LogP contribution in [0.5, 0.6) is 0 Å². The summed E-state index contributed by atoms with van der Waals surface area (Å²) in [6.07, 6.45) is 5.87. The molecule has 0 unspecified atom stereocenters. The molecule has 84 valence electrons. The zero-order valence-corrected chi connectivity index (χ0v) is 9.60. The van der Waals surface area contributed by atoms with Crippen molar-refractivity contribution in [1.29, 1.82) is 0 Å². The van der Waals surface area contributed by atoms with Crippen molar-refractivity contribution < 1.29 is 4.42 Å². The second-order valence-corrected chi connectivity index (χ2v) is 4.47. The summed E-state index contributed by atoms with van der Waals surface area (Å²) in [6.45, 7) is 3.11. The molecule has 1 aliphatic heterocycles. The van der Waals surface area contributed by atoms with Crippen LogP contribution in [-0.4, -0.2) is 28.5 Å². The van der Waals surface area contributed by atoms with E-state index < -0.39 is 0 Å². The summed E-state index contributed by atoms with van der Waals surface area (Å²) in [7, 11) is 2.15. The van der Waals surface area contributed by atoms with Crippen molar-refractivity contribution in [2.24, 2.45) is 0 Å². The van der Waals surface area contributed by atoms with Crippen LogP contribution in [0.2, 0.25) is 0 Å². The SMILES string of the molecule is Cc1ncc([C@@H]2CCCN2C)c2ocnc12. The zero-order chi connectivity index (χ0) is 11.1. The Labute approximate surface area is 94.3 Å². The molecule has 0 spiro atoms. The molecule has 4 nitrogen and oxygen atoms in total. The van der Waals surface area contributed by atoms with Crippen molar-refractivity contribution in [3.05, 3.63) is 23.8 Å². The minimum Gasteiger partial charge on any atom is -0.443 e. The van der Waals surface area contributed by atoms with Gasteiger partial charge in [-0.15, -0.1) is 0 Å². The van der Waals surface area contributed by atoms with Gasteiger partial charge in [-0.25, -0.2) is 4.98 Å². The van der Waals surface area contributed by atoms with Crippen molar-refractivity contribution in [3.8, 4) is 0 Å². The Morgan fingerprint density at radius 3 is 3.06 bits per heavy atom. The first-order valence-corrected chi connectivity index (χ1v) is 5.66. The van der Waals surface area contributed by atoms with Gasteiger partial charge in [0.25, 0.3) is 0 Å². The van der Waals surface area contributed by atoms with Crippen molar-refractivity contribution in [1.82, 2.24) is 14.9 Å². The molecule has 2 aromatic heterocycles. The second-order valence-electron chi connectivity index (χ2n) is 4.47. The van der Waals surface area contributed by atoms with Crippen LogP contribution in [0.3, 0.4) is 0 Å². The molecule has 0 aliphatic carbocycles. The zero-order valence-electron chi connectivity index (χ0n) is 9.60. The molecule has 3 heterocycles. The lowest BCUT2D eigenvalue weighted by molar-refractivity contribution is 0.316. The predicted molar refractivity (Wildman–Crippen MR) is 61.1 cm³/mol. The fraction of sp³-hybridized carbons (Fsp3) is 0.500. The summed E-state index contributed by atoms with van der Waals surface area (Å²) in [4.78, 5) is 11.0. The molecule has 0 saturated carbocycles. The Bertz CT molecular complexity index is 520. The number of fused-ring (bicyclic) bond motifs is 1. The molecule has 1 saturated heterocycles. The molecule has 3 rings (SSSR count). The molecule has 16 heavy (non-hydrogen) atoms. The number of nitrogens with zero attached hydrogens (tertiary/aromatic N) is 3. The maximum Gasteiger partial charge on any atom is 0.182 e. The van der Waals surface area contributed by atoms with E-state index >= 15 is 0 Å². The maximum absolute atomic E-state index is 5.51. The minimum atomic E-state index is 0.434. The van der Waals surface area contributed by atoms with Gasteiger partial charge in [-0.2, -0.15) is 0 Å². The van der Waals surface area contributed by atoms with Gasteiger partial charge in [0.1, 0.15) is 5.52 Å². The lowest BCUT2D eigenvalue weighted by Crippen LogP contribution is -2.17. The molecule has 0 radical (unpaired) electrons. The molecular formula is C12H15N3O. The van der Waals surface area contributed by atoms with E-state index in [4.69, 9.17) is 4.42 Å². The normalized spacial score (nSPS) is 22.0. The number of hydrogen-bond acceptors (Lipinski definition) is 4. The first-order valence-electron chi connectivity index (χ1n) is 5.66. The Hall–Kier alpha value is -1.42. The monoisotopic (exact) mass is 217 g/mol. The third-order valence-corrected chi connectivity index (χ3v) is 3.45. The number of likely N-dealkylation sites (tertiary alicyclic amines) is 1. The summed E-state index contributed by atoms with van der Waals surface area (Å²) >= 11 is 0. The summed E-state index contributed by atoms with van der Waals surface area (Å²) in [5.41, 5.74) is 3.93. The van der Waals surface area contributed by atoms with E-state index in [1.807, 2.05) is 13.1 Å². The number of hydrogen-bond donors (Lipinski definition) is 0. The average Bonchev–Trinajstić information content (AvgIpc) is 2.88. The van der Waals surface area contributed by atoms with Crippen molar-refractivity contribution in [3.63, 3.8) is 0 Å². The molecule has 0 amide bonds. The molecule has 1 aliphatic rings. The molecule has 1 atom stereocenters. The highest BCUT2D eigenvalue weighted by Gasteiger charge is 2.26. The molecule has 2 aromatic rings. The minimum absolute atomic E-state index is 0.434. The average molecular weight is 217 g/mol. The van der Waals surface area contributed by atoms with Gasteiger partial charge in [0.2, 0.25) is 0 Å². The summed E-state index contributed by atoms with van der Waals surface area (Å²) in [6, 6.07) is 0.434. The Morgan fingerprint density at radius 2 is 2.31 bits per heavy atom. The van der Waals surface area contributed by atoms with Gasteiger partial charge in [0.05, 0.1) is 5.69 Å². The largest absolute Gasteiger partial charge is 0.443 e. The third-order valence-electron chi connectivity index (χ3n) is 3.45. The van der Waals surface area contributed by atoms with Crippen LogP contribution in [0.25, 0.3) is 11.1 Å². The second kappa shape index (κ2) is 3.56. The summed E-state index contributed by atoms with van der Waals surface area (Å²) in [5.74, 6) is 0. The summed E-state index contributed by atoms with van der Waals surface area (Å²) < 4.78 is 5.51. The summed E-state index contributed by atoms with van der Waals surface area (Å²) in [5, 5.41) is 0. The Morgan fingerprint density at radius 1 is 1.44 bits per heavy atom. The van der Waals surface area contributed by atoms with Crippen LogP contribution in [0.15, 0.2) is 17.0 Å². The first kappa shape index (κ1) is 9.78. The van der Waals surface area contributed by atoms with Crippen LogP contribution >= 0.6 is 0 Å². The van der Waals surface area contributed by atoms with Gasteiger partial charge < -0.3 is 4.42 Å². The predicted octanol–water partition coefficient (Wildman–Crippen LogP) is 2.30. The molecule has 1 fully saturated rings. The van der Waals surface area contributed by atoms with Crippen LogP contribution in [0.4, 0.5) is 0 Å². The smallest absolute Gasteiger partial charge is 0.182 e. The van der Waals surface area contributed by atoms with Crippen molar-refractivity contribution in [2.45, 2.75) is 25.8 Å². The standard InChI is InChI=1S/C12H15N3O/c1-8-11-12(16-7-14-11)9(6-13-8)10-4-3-5-15(10)2/h6-7,10H,3-5H2,1-2H3/t10-/m0/s1. The van der Waals surface area contributed by atoms with Gasteiger partial charge in [-0.05, 0) is 33.4 Å². The highest BCUT2D eigenvalue weighted by Crippen LogP contribution is 2.34. The number of pyridine rings is 1. The molecule has 4 heteroatoms. The van der Waals surface area contributed by atoms with Crippen molar-refractivity contribution >= 4 is 11.1 Å². The lowest BCUT2D eigenvalue weighted by atomic mass is 10.1. The first-order chi connectivity index (χ1) is 7.77. The van der Waals surface area contributed by atoms with Gasteiger partial charge in [0.15, 0.2) is 12.0 Å². The van der Waals surface area contributed by atoms with E-state index in [0.717, 1.165) is 23.3 Å². The molecule has 0 bridgehead atoms. The van der Waals surface area contributed by atoms with Crippen LogP contribution < -0.4 is 0 Å². The number of oxazole rings is 1. The van der Waals surface area contributed by atoms with Crippen LogP contribution in [-0.2, 0) is 0 Å². The van der Waals surface area contributed by atoms with E-state index in [1.165, 1.54) is 24.8 Å². The topological polar surface area (TPSA) is 42.2 Å². The van der Waals surface area contributed by atoms with Gasteiger partial charge >= 0.3 is 0 Å². The lowest BCUT2D eigenvalue weighted by Gasteiger charge is -2.19. The highest BCUT2D eigenvalue weighted by atomic mass is 16.3. The Balaban J connectivity index is 2.16. The Kier molecular flexibility index (Phi) is 2.17. The third kappa shape index (κ3) is 1.33. The van der Waals surface area contributed by atoms with E-state index in [2.05, 4.69) is 21.9 Å². The number of rotatable bonds is 1. The molecular weight excluding hydrogens is 202 g/mol. The highest BCUT2D eigenvalue weighted by molar-refractivity contribution is 5.78. The quantitative estimate of drug-likeness (QED) is 0.735. The van der Waals surface area contributed by atoms with Crippen molar-refractivity contribution in [2.75, 3.05) is 13.6 Å². The van der Waals surface area contributed by atoms with Crippen LogP contribution in [0, 0.1) is 6.92 Å². The fourth-order valence-electron chi connectivity index (χ4n) is 2.54. The van der Waals surface area contributed by atoms with E-state index in [9.17, 15) is 0 Å². The van der Waals surface area contributed by atoms with Crippen LogP contribution in [0.1, 0.15) is 30.1 Å². The van der Waals surface area contributed by atoms with E-state index in [0.29, 0.717) is 6.04 Å². The van der Waals surface area contributed by atoms with Gasteiger partial charge in [0, 0.05) is 17.8 Å². The molecule has 0 N–H and O–H groups in total. The fourth-order valence-corrected chi connectivity index (χ4v) is 2.54. The molecule has 0 aromatic carbocycles. The number of aryl methyl sites for hydroxylation is 1.